The Hall–Kier alpha value is -3.20. The number of amides is 2. The fraction of sp³-hybridized carbons (Fsp3) is 0.231. The highest BCUT2D eigenvalue weighted by Crippen LogP contribution is 2.38. The number of carbonyl (C=O) groups excluding carboxylic acids is 2. The molecule has 3 aromatic carbocycles. The quantitative estimate of drug-likeness (QED) is 0.554. The van der Waals surface area contributed by atoms with E-state index in [1.165, 1.54) is 35.2 Å². The highest BCUT2D eigenvalue weighted by atomic mass is 35.5. The molecule has 0 aliphatic carbocycles. The van der Waals surface area contributed by atoms with Crippen LogP contribution in [-0.2, 0) is 21.1 Å². The Morgan fingerprint density at radius 1 is 1.06 bits per heavy atom. The monoisotopic (exact) mass is 510 g/mol. The van der Waals surface area contributed by atoms with Crippen molar-refractivity contribution < 1.29 is 22.7 Å². The van der Waals surface area contributed by atoms with Crippen molar-refractivity contribution >= 4 is 38.9 Å². The van der Waals surface area contributed by atoms with Crippen molar-refractivity contribution in [2.24, 2.45) is 0 Å². The summed E-state index contributed by atoms with van der Waals surface area (Å²) in [6.07, 6.45) is 1.80. The van der Waals surface area contributed by atoms with Gasteiger partial charge in [-0.2, -0.15) is 0 Å². The summed E-state index contributed by atoms with van der Waals surface area (Å²) in [7, 11) is -4.01. The molecule has 0 saturated carbocycles. The Kier molecular flexibility index (Phi) is 6.35. The van der Waals surface area contributed by atoms with E-state index in [0.717, 1.165) is 18.4 Å². The molecule has 1 atom stereocenters. The number of benzene rings is 3. The average molecular weight is 511 g/mol. The van der Waals surface area contributed by atoms with E-state index in [-0.39, 0.29) is 45.2 Å². The van der Waals surface area contributed by atoms with Crippen LogP contribution in [0.2, 0.25) is 5.02 Å². The predicted molar refractivity (Wildman–Crippen MR) is 132 cm³/mol. The minimum absolute atomic E-state index is 0.0319. The summed E-state index contributed by atoms with van der Waals surface area (Å²) in [5.74, 6) is -0.836. The third-order valence-electron chi connectivity index (χ3n) is 6.20. The van der Waals surface area contributed by atoms with Crippen LogP contribution in [-0.4, -0.2) is 39.5 Å². The first-order chi connectivity index (χ1) is 16.8. The molecule has 2 aliphatic rings. The van der Waals surface area contributed by atoms with E-state index in [0.29, 0.717) is 18.2 Å². The maximum atomic E-state index is 13.7. The summed E-state index contributed by atoms with van der Waals surface area (Å²) in [5.41, 5.74) is 1.21. The van der Waals surface area contributed by atoms with E-state index in [2.05, 4.69) is 5.32 Å². The van der Waals surface area contributed by atoms with Crippen LogP contribution in [0.1, 0.15) is 39.1 Å². The molecule has 0 aromatic heterocycles. The molecule has 180 valence electrons. The molecule has 1 N–H and O–H groups in total. The van der Waals surface area contributed by atoms with Crippen molar-refractivity contribution in [3.8, 4) is 0 Å². The van der Waals surface area contributed by atoms with Crippen molar-refractivity contribution in [3.05, 3.63) is 88.4 Å². The molecule has 1 saturated heterocycles. The maximum absolute atomic E-state index is 13.7. The summed E-state index contributed by atoms with van der Waals surface area (Å²) in [6, 6.07) is 17.5. The molecule has 0 bridgehead atoms. The van der Waals surface area contributed by atoms with Crippen molar-refractivity contribution in [1.29, 1.82) is 0 Å². The Bertz CT molecular complexity index is 1420. The zero-order chi connectivity index (χ0) is 24.6. The third-order valence-corrected chi connectivity index (χ3v) is 8.29. The molecule has 9 heteroatoms. The number of sulfone groups is 1. The summed E-state index contributed by atoms with van der Waals surface area (Å²) in [5, 5.41) is 3.35. The van der Waals surface area contributed by atoms with Gasteiger partial charge in [0, 0.05) is 23.7 Å². The fourth-order valence-corrected chi connectivity index (χ4v) is 6.28. The van der Waals surface area contributed by atoms with E-state index < -0.39 is 15.7 Å². The van der Waals surface area contributed by atoms with Crippen molar-refractivity contribution in [1.82, 2.24) is 5.32 Å². The number of anilines is 1. The van der Waals surface area contributed by atoms with Gasteiger partial charge in [-0.05, 0) is 60.9 Å². The number of rotatable bonds is 5. The van der Waals surface area contributed by atoms with Gasteiger partial charge in [0.15, 0.2) is 0 Å². The lowest BCUT2D eigenvalue weighted by Crippen LogP contribution is -2.33. The molecule has 35 heavy (non-hydrogen) atoms. The Balaban J connectivity index is 1.59. The molecule has 1 fully saturated rings. The SMILES string of the molecule is O=C(NCC1CCCO1)c1ccc2c(c1)N(Cc1cccc(Cl)c1)C(=O)c1ccccc1S2(=O)=O. The van der Waals surface area contributed by atoms with E-state index in [1.54, 1.807) is 30.3 Å². The van der Waals surface area contributed by atoms with Crippen molar-refractivity contribution in [3.63, 3.8) is 0 Å². The van der Waals surface area contributed by atoms with E-state index >= 15 is 0 Å². The second-order valence-corrected chi connectivity index (χ2v) is 10.9. The van der Waals surface area contributed by atoms with Crippen LogP contribution in [0.4, 0.5) is 5.69 Å². The number of halogens is 1. The van der Waals surface area contributed by atoms with Gasteiger partial charge < -0.3 is 15.0 Å². The Morgan fingerprint density at radius 2 is 1.89 bits per heavy atom. The van der Waals surface area contributed by atoms with E-state index in [4.69, 9.17) is 16.3 Å². The maximum Gasteiger partial charge on any atom is 0.259 e. The largest absolute Gasteiger partial charge is 0.376 e. The number of nitrogens with zero attached hydrogens (tertiary/aromatic N) is 1. The molecule has 7 nitrogen and oxygen atoms in total. The second-order valence-electron chi connectivity index (χ2n) is 8.55. The number of ether oxygens (including phenoxy) is 1. The lowest BCUT2D eigenvalue weighted by molar-refractivity contribution is 0.0857. The first kappa shape index (κ1) is 23.5. The molecule has 0 spiro atoms. The summed E-state index contributed by atoms with van der Waals surface area (Å²) >= 11 is 6.15. The number of nitrogens with one attached hydrogen (secondary N) is 1. The van der Waals surface area contributed by atoms with Crippen LogP contribution in [0, 0.1) is 0 Å². The van der Waals surface area contributed by atoms with Crippen molar-refractivity contribution in [2.75, 3.05) is 18.1 Å². The fourth-order valence-electron chi connectivity index (χ4n) is 4.44. The van der Waals surface area contributed by atoms with Gasteiger partial charge in [-0.1, -0.05) is 35.9 Å². The Labute approximate surface area is 208 Å². The van der Waals surface area contributed by atoms with Gasteiger partial charge in [-0.3, -0.25) is 9.59 Å². The van der Waals surface area contributed by atoms with Crippen LogP contribution in [0.5, 0.6) is 0 Å². The first-order valence-corrected chi connectivity index (χ1v) is 13.1. The molecule has 5 rings (SSSR count). The van der Waals surface area contributed by atoms with Gasteiger partial charge in [0.25, 0.3) is 11.8 Å². The van der Waals surface area contributed by atoms with Crippen LogP contribution < -0.4 is 10.2 Å². The minimum atomic E-state index is -4.01. The molecular weight excluding hydrogens is 488 g/mol. The van der Waals surface area contributed by atoms with Crippen LogP contribution in [0.15, 0.2) is 76.5 Å². The second kappa shape index (κ2) is 9.45. The van der Waals surface area contributed by atoms with Crippen LogP contribution >= 0.6 is 11.6 Å². The molecule has 1 unspecified atom stereocenters. The number of hydrogen-bond acceptors (Lipinski definition) is 5. The lowest BCUT2D eigenvalue weighted by atomic mass is 10.1. The number of hydrogen-bond donors (Lipinski definition) is 1. The molecule has 0 radical (unpaired) electrons. The molecule has 2 heterocycles. The zero-order valence-electron chi connectivity index (χ0n) is 18.7. The van der Waals surface area contributed by atoms with Gasteiger partial charge in [-0.25, -0.2) is 8.42 Å². The summed E-state index contributed by atoms with van der Waals surface area (Å²) < 4.78 is 32.7. The predicted octanol–water partition coefficient (Wildman–Crippen LogP) is 4.24. The van der Waals surface area contributed by atoms with Crippen LogP contribution in [0.25, 0.3) is 0 Å². The van der Waals surface area contributed by atoms with Crippen LogP contribution in [0.3, 0.4) is 0 Å². The van der Waals surface area contributed by atoms with Gasteiger partial charge in [0.2, 0.25) is 9.84 Å². The standard InChI is InChI=1S/C26H23ClN2O5S/c27-19-6-3-5-17(13-19)16-29-22-14-18(25(30)28-15-20-7-4-12-34-20)10-11-24(22)35(32,33)23-9-2-1-8-21(23)26(29)31/h1-3,5-6,8-11,13-14,20H,4,7,12,15-16H2,(H,28,30). The molecule has 2 amide bonds. The van der Waals surface area contributed by atoms with E-state index in [9.17, 15) is 18.0 Å². The molecule has 3 aromatic rings. The van der Waals surface area contributed by atoms with Gasteiger partial charge in [-0.15, -0.1) is 0 Å². The summed E-state index contributed by atoms with van der Waals surface area (Å²) in [6.45, 7) is 1.13. The minimum Gasteiger partial charge on any atom is -0.376 e. The third kappa shape index (κ3) is 4.57. The summed E-state index contributed by atoms with van der Waals surface area (Å²) in [4.78, 5) is 27.9. The highest BCUT2D eigenvalue weighted by molar-refractivity contribution is 7.91. The number of fused-ring (bicyclic) bond motifs is 2. The van der Waals surface area contributed by atoms with Gasteiger partial charge >= 0.3 is 0 Å². The van der Waals surface area contributed by atoms with Gasteiger partial charge in [0.05, 0.1) is 33.7 Å². The highest BCUT2D eigenvalue weighted by Gasteiger charge is 2.36. The topological polar surface area (TPSA) is 92.8 Å². The van der Waals surface area contributed by atoms with Gasteiger partial charge in [0.1, 0.15) is 0 Å². The molecular formula is C26H23ClN2O5S. The number of carbonyl (C=O) groups is 2. The zero-order valence-corrected chi connectivity index (χ0v) is 20.3. The normalized spacial score (nSPS) is 18.5. The van der Waals surface area contributed by atoms with E-state index in [1.807, 2.05) is 6.07 Å². The van der Waals surface area contributed by atoms with Crippen molar-refractivity contribution in [2.45, 2.75) is 35.3 Å². The first-order valence-electron chi connectivity index (χ1n) is 11.3. The Morgan fingerprint density at radius 3 is 2.66 bits per heavy atom. The lowest BCUT2D eigenvalue weighted by Gasteiger charge is -2.23. The molecule has 2 aliphatic heterocycles. The smallest absolute Gasteiger partial charge is 0.259 e. The average Bonchev–Trinajstić information content (AvgIpc) is 3.37.